The van der Waals surface area contributed by atoms with Crippen LogP contribution in [0.3, 0.4) is 0 Å². The number of aromatic amines is 1. The van der Waals surface area contributed by atoms with Crippen molar-refractivity contribution in [2.24, 2.45) is 0 Å². The number of anilines is 1. The van der Waals surface area contributed by atoms with E-state index in [0.717, 1.165) is 53.7 Å². The zero-order valence-electron chi connectivity index (χ0n) is 19.7. The van der Waals surface area contributed by atoms with E-state index in [4.69, 9.17) is 4.74 Å². The molecule has 34 heavy (non-hydrogen) atoms. The van der Waals surface area contributed by atoms with Crippen LogP contribution in [0, 0.1) is 13.8 Å². The maximum atomic E-state index is 13.1. The van der Waals surface area contributed by atoms with Crippen LogP contribution in [-0.4, -0.2) is 47.4 Å². The molecule has 9 heteroatoms. The zero-order chi connectivity index (χ0) is 24.2. The Bertz CT molecular complexity index is 1210. The molecule has 0 bridgehead atoms. The third-order valence-corrected chi connectivity index (χ3v) is 7.35. The predicted molar refractivity (Wildman–Crippen MR) is 133 cm³/mol. The molecule has 0 saturated heterocycles. The second-order valence-electron chi connectivity index (χ2n) is 8.59. The number of carbonyl (C=O) groups excluding carboxylic acids is 2. The number of carbonyl (C=O) groups is 2. The monoisotopic (exact) mass is 482 g/mol. The molecule has 0 fully saturated rings. The molecule has 0 saturated carbocycles. The van der Waals surface area contributed by atoms with Gasteiger partial charge in [0.2, 0.25) is 0 Å². The average Bonchev–Trinajstić information content (AvgIpc) is 3.44. The molecule has 0 atom stereocenters. The van der Waals surface area contributed by atoms with Crippen LogP contribution in [0.1, 0.15) is 61.7 Å². The molecule has 0 aliphatic heterocycles. The van der Waals surface area contributed by atoms with Gasteiger partial charge in [0.25, 0.3) is 11.8 Å². The number of phenols is 1. The molecule has 0 unspecified atom stereocenters. The van der Waals surface area contributed by atoms with Gasteiger partial charge >= 0.3 is 0 Å². The van der Waals surface area contributed by atoms with Crippen molar-refractivity contribution in [2.45, 2.75) is 46.0 Å². The van der Waals surface area contributed by atoms with Crippen LogP contribution in [0.15, 0.2) is 18.2 Å². The third-order valence-electron chi connectivity index (χ3n) is 6.15. The summed E-state index contributed by atoms with van der Waals surface area (Å²) in [6.07, 6.45) is 4.59. The summed E-state index contributed by atoms with van der Waals surface area (Å²) in [6.45, 7) is 4.96. The minimum atomic E-state index is -0.380. The summed E-state index contributed by atoms with van der Waals surface area (Å²) in [4.78, 5) is 27.2. The Hall–Kier alpha value is -3.17. The van der Waals surface area contributed by atoms with Gasteiger partial charge in [-0.15, -0.1) is 11.3 Å². The van der Waals surface area contributed by atoms with E-state index in [1.165, 1.54) is 11.3 Å². The lowest BCUT2D eigenvalue weighted by molar-refractivity contribution is 0.0948. The number of phenolic OH excluding ortho intramolecular Hbond substituents is 1. The van der Waals surface area contributed by atoms with Gasteiger partial charge in [0, 0.05) is 30.7 Å². The van der Waals surface area contributed by atoms with Crippen molar-refractivity contribution in [3.63, 3.8) is 0 Å². The maximum absolute atomic E-state index is 13.1. The summed E-state index contributed by atoms with van der Waals surface area (Å²) >= 11 is 1.47. The Morgan fingerprint density at radius 1 is 1.15 bits per heavy atom. The molecule has 1 aliphatic rings. The number of aryl methyl sites for hydroxylation is 3. The SMILES string of the molecule is COCCCNC(=O)c1c(NC(=O)c2cc(-c3cc(C)c(C)cc3O)n[nH]2)sc2c1CCCC2. The highest BCUT2D eigenvalue weighted by Gasteiger charge is 2.27. The van der Waals surface area contributed by atoms with Crippen LogP contribution in [-0.2, 0) is 17.6 Å². The molecule has 4 N–H and O–H groups in total. The number of hydrogen-bond donors (Lipinski definition) is 4. The van der Waals surface area contributed by atoms with E-state index < -0.39 is 0 Å². The van der Waals surface area contributed by atoms with Crippen LogP contribution in [0.2, 0.25) is 0 Å². The lowest BCUT2D eigenvalue weighted by Gasteiger charge is -2.13. The van der Waals surface area contributed by atoms with Gasteiger partial charge in [0.15, 0.2) is 0 Å². The summed E-state index contributed by atoms with van der Waals surface area (Å²) in [5, 5.41) is 23.8. The Kier molecular flexibility index (Phi) is 7.33. The normalized spacial score (nSPS) is 12.9. The number of ether oxygens (including phenoxy) is 1. The number of aromatic hydroxyl groups is 1. The predicted octanol–water partition coefficient (Wildman–Crippen LogP) is 4.36. The number of nitrogens with zero attached hydrogens (tertiary/aromatic N) is 1. The van der Waals surface area contributed by atoms with Gasteiger partial charge in [-0.1, -0.05) is 0 Å². The Balaban J connectivity index is 1.56. The van der Waals surface area contributed by atoms with Gasteiger partial charge in [-0.25, -0.2) is 0 Å². The molecule has 180 valence electrons. The number of amides is 2. The Morgan fingerprint density at radius 3 is 2.71 bits per heavy atom. The highest BCUT2D eigenvalue weighted by Crippen LogP contribution is 2.38. The van der Waals surface area contributed by atoms with Gasteiger partial charge in [-0.2, -0.15) is 5.10 Å². The van der Waals surface area contributed by atoms with Crippen LogP contribution in [0.5, 0.6) is 5.75 Å². The van der Waals surface area contributed by atoms with E-state index in [1.807, 2.05) is 19.9 Å². The summed E-state index contributed by atoms with van der Waals surface area (Å²) in [5.74, 6) is -0.440. The van der Waals surface area contributed by atoms with Gasteiger partial charge in [-0.3, -0.25) is 14.7 Å². The topological polar surface area (TPSA) is 116 Å². The Labute approximate surface area is 202 Å². The van der Waals surface area contributed by atoms with Crippen LogP contribution in [0.25, 0.3) is 11.3 Å². The quantitative estimate of drug-likeness (QED) is 0.356. The molecule has 8 nitrogen and oxygen atoms in total. The molecule has 2 heterocycles. The highest BCUT2D eigenvalue weighted by atomic mass is 32.1. The number of aromatic nitrogens is 2. The van der Waals surface area contributed by atoms with E-state index in [2.05, 4.69) is 20.8 Å². The van der Waals surface area contributed by atoms with Gasteiger partial charge in [-0.05, 0) is 80.8 Å². The van der Waals surface area contributed by atoms with Gasteiger partial charge < -0.3 is 20.5 Å². The first kappa shape index (κ1) is 24.0. The minimum Gasteiger partial charge on any atom is -0.507 e. The van der Waals surface area contributed by atoms with E-state index >= 15 is 0 Å². The molecule has 0 spiro atoms. The van der Waals surface area contributed by atoms with Crippen molar-refractivity contribution < 1.29 is 19.4 Å². The smallest absolute Gasteiger partial charge is 0.274 e. The number of benzene rings is 1. The first-order valence-electron chi connectivity index (χ1n) is 11.5. The Morgan fingerprint density at radius 2 is 1.91 bits per heavy atom. The van der Waals surface area contributed by atoms with Crippen molar-refractivity contribution in [3.05, 3.63) is 51.0 Å². The fraction of sp³-hybridized carbons (Fsp3) is 0.400. The standard InChI is InChI=1S/C25H30N4O4S/c1-14-11-17(20(30)12-15(14)2)18-13-19(29-28-18)23(31)27-25-22(24(32)26-9-6-10-33-3)16-7-4-5-8-21(16)34-25/h11-13,30H,4-10H2,1-3H3,(H,26,32)(H,27,31)(H,28,29). The molecule has 3 aromatic rings. The molecule has 4 rings (SSSR count). The molecular weight excluding hydrogens is 452 g/mol. The van der Waals surface area contributed by atoms with Crippen LogP contribution < -0.4 is 10.6 Å². The fourth-order valence-corrected chi connectivity index (χ4v) is 5.44. The fourth-order valence-electron chi connectivity index (χ4n) is 4.15. The number of nitrogens with one attached hydrogen (secondary N) is 3. The number of thiophene rings is 1. The van der Waals surface area contributed by atoms with E-state index in [9.17, 15) is 14.7 Å². The number of hydrogen-bond acceptors (Lipinski definition) is 6. The lowest BCUT2D eigenvalue weighted by Crippen LogP contribution is -2.27. The number of methoxy groups -OCH3 is 1. The van der Waals surface area contributed by atoms with E-state index in [0.29, 0.717) is 35.0 Å². The lowest BCUT2D eigenvalue weighted by atomic mass is 9.95. The molecule has 1 aliphatic carbocycles. The third kappa shape index (κ3) is 5.00. The largest absolute Gasteiger partial charge is 0.507 e. The van der Waals surface area contributed by atoms with E-state index in [-0.39, 0.29) is 23.3 Å². The van der Waals surface area contributed by atoms with Crippen molar-refractivity contribution in [1.29, 1.82) is 0 Å². The minimum absolute atomic E-state index is 0.111. The van der Waals surface area contributed by atoms with Crippen molar-refractivity contribution in [2.75, 3.05) is 25.6 Å². The highest BCUT2D eigenvalue weighted by molar-refractivity contribution is 7.17. The van der Waals surface area contributed by atoms with Crippen LogP contribution >= 0.6 is 11.3 Å². The molecule has 0 radical (unpaired) electrons. The molecular formula is C25H30N4O4S. The van der Waals surface area contributed by atoms with Gasteiger partial charge in [0.1, 0.15) is 16.4 Å². The summed E-state index contributed by atoms with van der Waals surface area (Å²) in [6, 6.07) is 5.14. The number of rotatable bonds is 8. The molecule has 1 aromatic carbocycles. The zero-order valence-corrected chi connectivity index (χ0v) is 20.5. The number of fused-ring (bicyclic) bond motifs is 1. The summed E-state index contributed by atoms with van der Waals surface area (Å²) in [5.41, 5.74) is 4.90. The van der Waals surface area contributed by atoms with Crippen molar-refractivity contribution in [1.82, 2.24) is 15.5 Å². The maximum Gasteiger partial charge on any atom is 0.274 e. The average molecular weight is 483 g/mol. The first-order chi connectivity index (χ1) is 16.4. The number of H-pyrrole nitrogens is 1. The second-order valence-corrected chi connectivity index (χ2v) is 9.70. The van der Waals surface area contributed by atoms with Crippen molar-refractivity contribution >= 4 is 28.2 Å². The first-order valence-corrected chi connectivity index (χ1v) is 12.3. The molecule has 2 aromatic heterocycles. The van der Waals surface area contributed by atoms with Crippen LogP contribution in [0.4, 0.5) is 5.00 Å². The molecule has 2 amide bonds. The van der Waals surface area contributed by atoms with Gasteiger partial charge in [0.05, 0.1) is 11.3 Å². The van der Waals surface area contributed by atoms with E-state index in [1.54, 1.807) is 19.2 Å². The summed E-state index contributed by atoms with van der Waals surface area (Å²) in [7, 11) is 1.63. The summed E-state index contributed by atoms with van der Waals surface area (Å²) < 4.78 is 5.05. The van der Waals surface area contributed by atoms with Crippen molar-refractivity contribution in [3.8, 4) is 17.0 Å². The second kappa shape index (κ2) is 10.4.